The first-order valence-electron chi connectivity index (χ1n) is 13.2. The molecule has 0 N–H and O–H groups in total. The molecule has 0 radical (unpaired) electrons. The molecule has 0 amide bonds. The fourth-order valence-corrected chi connectivity index (χ4v) is 6.25. The van der Waals surface area contributed by atoms with E-state index in [4.69, 9.17) is 21.1 Å². The van der Waals surface area contributed by atoms with Crippen molar-refractivity contribution >= 4 is 44.2 Å². The lowest BCUT2D eigenvalue weighted by molar-refractivity contribution is 0.277. The molecular weight excluding hydrogens is 608 g/mol. The lowest BCUT2D eigenvalue weighted by atomic mass is 9.86. The van der Waals surface area contributed by atoms with Crippen molar-refractivity contribution in [3.63, 3.8) is 0 Å². The van der Waals surface area contributed by atoms with Gasteiger partial charge in [0.1, 0.15) is 34.7 Å². The number of fused-ring (bicyclic) bond motifs is 2. The molecular formula is C28H23ClN10O2S2. The van der Waals surface area contributed by atoms with E-state index >= 15 is 0 Å². The van der Waals surface area contributed by atoms with Crippen LogP contribution in [0.2, 0.25) is 5.02 Å². The van der Waals surface area contributed by atoms with Gasteiger partial charge in [-0.2, -0.15) is 19.2 Å². The van der Waals surface area contributed by atoms with E-state index in [0.717, 1.165) is 26.7 Å². The van der Waals surface area contributed by atoms with Gasteiger partial charge < -0.3 is 9.47 Å². The molecule has 43 heavy (non-hydrogen) atoms. The molecule has 7 rings (SSSR count). The number of halogens is 1. The van der Waals surface area contributed by atoms with Crippen LogP contribution < -0.4 is 9.47 Å². The quantitative estimate of drug-likeness (QED) is 0.199. The minimum atomic E-state index is -0.276. The van der Waals surface area contributed by atoms with E-state index in [1.165, 1.54) is 22.7 Å². The van der Waals surface area contributed by atoms with Gasteiger partial charge >= 0.3 is 0 Å². The third kappa shape index (κ3) is 5.40. The summed E-state index contributed by atoms with van der Waals surface area (Å²) in [7, 11) is 0. The third-order valence-electron chi connectivity index (χ3n) is 6.48. The second-order valence-electron chi connectivity index (χ2n) is 10.5. The normalized spacial score (nSPS) is 11.9. The second-order valence-corrected chi connectivity index (χ2v) is 12.8. The molecule has 0 atom stereocenters. The Balaban J connectivity index is 1.11. The average molecular weight is 631 g/mol. The molecule has 0 saturated heterocycles. The Kier molecular flexibility index (Phi) is 6.95. The molecule has 1 aromatic carbocycles. The van der Waals surface area contributed by atoms with Gasteiger partial charge in [-0.25, -0.2) is 0 Å². The van der Waals surface area contributed by atoms with Crippen LogP contribution in [0, 0.1) is 0 Å². The highest BCUT2D eigenvalue weighted by molar-refractivity contribution is 7.20. The minimum Gasteiger partial charge on any atom is -0.485 e. The summed E-state index contributed by atoms with van der Waals surface area (Å²) < 4.78 is 15.8. The number of aromatic nitrogens is 10. The lowest BCUT2D eigenvalue weighted by Gasteiger charge is -2.24. The van der Waals surface area contributed by atoms with Gasteiger partial charge in [-0.05, 0) is 35.7 Å². The molecule has 15 heteroatoms. The van der Waals surface area contributed by atoms with Crippen molar-refractivity contribution in [3.05, 3.63) is 83.4 Å². The summed E-state index contributed by atoms with van der Waals surface area (Å²) in [6.45, 7) is 6.57. The lowest BCUT2D eigenvalue weighted by Crippen LogP contribution is -2.15. The van der Waals surface area contributed by atoms with Crippen molar-refractivity contribution in [2.45, 2.75) is 39.4 Å². The number of hydrogen-bond donors (Lipinski definition) is 0. The zero-order valence-electron chi connectivity index (χ0n) is 23.2. The Hall–Kier alpha value is -4.53. The van der Waals surface area contributed by atoms with Crippen molar-refractivity contribution in [1.82, 2.24) is 49.6 Å². The van der Waals surface area contributed by atoms with E-state index in [-0.39, 0.29) is 18.6 Å². The maximum absolute atomic E-state index is 6.70. The number of rotatable bonds is 8. The molecule has 6 heterocycles. The highest BCUT2D eigenvalue weighted by Crippen LogP contribution is 2.40. The minimum absolute atomic E-state index is 0.127. The van der Waals surface area contributed by atoms with Crippen LogP contribution >= 0.6 is 34.3 Å². The first kappa shape index (κ1) is 27.3. The smallest absolute Gasteiger partial charge is 0.235 e. The molecule has 0 unspecified atom stereocenters. The van der Waals surface area contributed by atoms with Crippen molar-refractivity contribution in [2.75, 3.05) is 0 Å². The molecule has 0 fully saturated rings. The molecule has 7 aromatic rings. The van der Waals surface area contributed by atoms with E-state index in [1.54, 1.807) is 39.9 Å². The molecule has 216 valence electrons. The molecule has 6 aromatic heterocycles. The van der Waals surface area contributed by atoms with Crippen molar-refractivity contribution in [2.24, 2.45) is 0 Å². The Labute approximate surface area is 258 Å². The highest BCUT2D eigenvalue weighted by atomic mass is 35.5. The van der Waals surface area contributed by atoms with Gasteiger partial charge in [0.2, 0.25) is 9.92 Å². The monoisotopic (exact) mass is 630 g/mol. The Bertz CT molecular complexity index is 2050. The van der Waals surface area contributed by atoms with E-state index < -0.39 is 0 Å². The Morgan fingerprint density at radius 1 is 0.744 bits per heavy atom. The van der Waals surface area contributed by atoms with Crippen LogP contribution in [0.1, 0.15) is 38.0 Å². The average Bonchev–Trinajstić information content (AvgIpc) is 3.78. The zero-order chi connectivity index (χ0) is 29.6. The number of benzene rings is 1. The van der Waals surface area contributed by atoms with Crippen LogP contribution in [-0.2, 0) is 18.6 Å². The van der Waals surface area contributed by atoms with Gasteiger partial charge in [0.05, 0.1) is 5.02 Å². The first-order chi connectivity index (χ1) is 20.8. The van der Waals surface area contributed by atoms with Gasteiger partial charge in [0.15, 0.2) is 11.6 Å². The first-order valence-corrected chi connectivity index (χ1v) is 15.2. The highest BCUT2D eigenvalue weighted by Gasteiger charge is 2.24. The summed E-state index contributed by atoms with van der Waals surface area (Å²) in [5.41, 5.74) is 2.47. The maximum atomic E-state index is 6.70. The number of hydrogen-bond acceptors (Lipinski definition) is 12. The summed E-state index contributed by atoms with van der Waals surface area (Å²) >= 11 is 9.57. The number of ether oxygens (including phenoxy) is 2. The summed E-state index contributed by atoms with van der Waals surface area (Å²) in [5, 5.41) is 28.4. The van der Waals surface area contributed by atoms with E-state index in [9.17, 15) is 0 Å². The van der Waals surface area contributed by atoms with Crippen LogP contribution in [0.25, 0.3) is 31.1 Å². The molecule has 0 aliphatic carbocycles. The molecule has 12 nitrogen and oxygen atoms in total. The van der Waals surface area contributed by atoms with Gasteiger partial charge in [0, 0.05) is 47.5 Å². The maximum Gasteiger partial charge on any atom is 0.235 e. The summed E-state index contributed by atoms with van der Waals surface area (Å²) in [6.07, 6.45) is 6.99. The van der Waals surface area contributed by atoms with E-state index in [2.05, 4.69) is 61.3 Å². The predicted octanol–water partition coefficient (Wildman–Crippen LogP) is 5.92. The van der Waals surface area contributed by atoms with Crippen LogP contribution in [-0.4, -0.2) is 49.6 Å². The largest absolute Gasteiger partial charge is 0.485 e. The van der Waals surface area contributed by atoms with Gasteiger partial charge in [-0.3, -0.25) is 9.97 Å². The van der Waals surface area contributed by atoms with Crippen LogP contribution in [0.5, 0.6) is 11.5 Å². The van der Waals surface area contributed by atoms with Crippen LogP contribution in [0.4, 0.5) is 0 Å². The Morgan fingerprint density at radius 2 is 1.28 bits per heavy atom. The second kappa shape index (κ2) is 10.9. The molecule has 0 aliphatic heterocycles. The number of pyridine rings is 2. The Morgan fingerprint density at radius 3 is 1.77 bits per heavy atom. The van der Waals surface area contributed by atoms with Crippen molar-refractivity contribution in [3.8, 4) is 32.6 Å². The summed E-state index contributed by atoms with van der Waals surface area (Å²) in [5.74, 6) is 2.25. The number of nitrogens with zero attached hydrogens (tertiary/aromatic N) is 10. The van der Waals surface area contributed by atoms with Gasteiger partial charge in [-0.15, -0.1) is 20.4 Å². The molecule has 0 bridgehead atoms. The van der Waals surface area contributed by atoms with Crippen LogP contribution in [0.15, 0.2) is 61.2 Å². The SMILES string of the molecule is CC(C)(C)c1cc(OCc2nnc3sc(-c4cccnc4)nn23)c(Cl)cc1OCc1nnc2sc(-c3cccnc3)nn12. The molecule has 0 saturated carbocycles. The topological polar surface area (TPSA) is 130 Å². The van der Waals surface area contributed by atoms with Gasteiger partial charge in [-0.1, -0.05) is 55.0 Å². The van der Waals surface area contributed by atoms with Crippen molar-refractivity contribution < 1.29 is 9.47 Å². The zero-order valence-corrected chi connectivity index (χ0v) is 25.6. The molecule has 0 aliphatic rings. The van der Waals surface area contributed by atoms with Crippen molar-refractivity contribution in [1.29, 1.82) is 0 Å². The van der Waals surface area contributed by atoms with Crippen LogP contribution in [0.3, 0.4) is 0 Å². The predicted molar refractivity (Wildman–Crippen MR) is 163 cm³/mol. The van der Waals surface area contributed by atoms with E-state index in [1.807, 2.05) is 30.3 Å². The van der Waals surface area contributed by atoms with Gasteiger partial charge in [0.25, 0.3) is 0 Å². The summed E-state index contributed by atoms with van der Waals surface area (Å²) in [4.78, 5) is 9.68. The third-order valence-corrected chi connectivity index (χ3v) is 8.67. The standard InChI is InChI=1S/C28H23ClN10O2S2/c1-28(2,3)18-10-21(41-15-23-33-35-27-39(23)37-25(43-27)17-7-5-9-31-13-17)19(29)11-20(18)40-14-22-32-34-26-38(22)36-24(42-26)16-6-4-8-30-12-16/h4-13H,14-15H2,1-3H3. The fraction of sp³-hybridized carbons (Fsp3) is 0.214. The van der Waals surface area contributed by atoms with E-state index in [0.29, 0.717) is 38.1 Å². The molecule has 0 spiro atoms. The fourth-order valence-electron chi connectivity index (χ4n) is 4.34. The summed E-state index contributed by atoms with van der Waals surface area (Å²) in [6, 6.07) is 11.3.